The molecule has 3 heterocycles. The van der Waals surface area contributed by atoms with E-state index in [9.17, 15) is 19.7 Å². The van der Waals surface area contributed by atoms with Crippen LogP contribution >= 0.6 is 0 Å². The first-order chi connectivity index (χ1) is 15.8. The fourth-order valence-corrected chi connectivity index (χ4v) is 4.22. The monoisotopic (exact) mass is 444 g/mol. The van der Waals surface area contributed by atoms with Crippen LogP contribution in [0.25, 0.3) is 28.2 Å². The van der Waals surface area contributed by atoms with E-state index in [4.69, 9.17) is 0 Å². The molecule has 0 fully saturated rings. The molecular weight excluding hydrogens is 424 g/mol. The number of aryl methyl sites for hydroxylation is 1. The molecule has 0 N–H and O–H groups in total. The molecule has 0 spiro atoms. The second-order valence-electron chi connectivity index (χ2n) is 7.93. The maximum Gasteiger partial charge on any atom is 0.332 e. The molecule has 33 heavy (non-hydrogen) atoms. The van der Waals surface area contributed by atoms with E-state index in [0.717, 1.165) is 21.4 Å². The number of aromatic nitrogens is 5. The van der Waals surface area contributed by atoms with Crippen LogP contribution in [0.4, 0.5) is 5.69 Å². The van der Waals surface area contributed by atoms with Crippen molar-refractivity contribution in [3.05, 3.63) is 97.3 Å². The Hall–Kier alpha value is -4.47. The average Bonchev–Trinajstić information content (AvgIpc) is 3.38. The smallest absolute Gasteiger partial charge is 0.302 e. The van der Waals surface area contributed by atoms with Crippen molar-refractivity contribution in [3.63, 3.8) is 0 Å². The van der Waals surface area contributed by atoms with Gasteiger partial charge in [-0.25, -0.2) is 4.79 Å². The number of non-ortho nitro benzene ring substituents is 1. The van der Waals surface area contributed by atoms with Crippen molar-refractivity contribution >= 4 is 22.6 Å². The summed E-state index contributed by atoms with van der Waals surface area (Å²) in [6.07, 6.45) is 1.79. The molecule has 0 saturated carbocycles. The van der Waals surface area contributed by atoms with Crippen LogP contribution in [0.15, 0.2) is 70.4 Å². The predicted molar refractivity (Wildman–Crippen MR) is 124 cm³/mol. The first kappa shape index (κ1) is 20.4. The third kappa shape index (κ3) is 2.99. The summed E-state index contributed by atoms with van der Waals surface area (Å²) in [6, 6.07) is 15.9. The van der Waals surface area contributed by atoms with E-state index >= 15 is 0 Å². The van der Waals surface area contributed by atoms with Crippen LogP contribution in [0, 0.1) is 10.1 Å². The van der Waals surface area contributed by atoms with E-state index in [1.165, 1.54) is 23.7 Å². The number of hydrogen-bond acceptors (Lipinski definition) is 5. The van der Waals surface area contributed by atoms with Gasteiger partial charge in [-0.3, -0.25) is 28.4 Å². The third-order valence-corrected chi connectivity index (χ3v) is 6.04. The van der Waals surface area contributed by atoms with Gasteiger partial charge in [0.1, 0.15) is 0 Å². The molecule has 5 aromatic rings. The minimum Gasteiger partial charge on any atom is -0.302 e. The van der Waals surface area contributed by atoms with Gasteiger partial charge in [0, 0.05) is 38.0 Å². The zero-order valence-electron chi connectivity index (χ0n) is 18.2. The molecule has 10 heteroatoms. The summed E-state index contributed by atoms with van der Waals surface area (Å²) >= 11 is 0. The number of nitrogens with zero attached hydrogens (tertiary/aromatic N) is 6. The van der Waals surface area contributed by atoms with Crippen molar-refractivity contribution in [3.8, 4) is 11.3 Å². The molecule has 0 radical (unpaired) electrons. The Morgan fingerprint density at radius 1 is 0.970 bits per heavy atom. The van der Waals surface area contributed by atoms with Crippen LogP contribution < -0.4 is 11.2 Å². The molecule has 3 aromatic heterocycles. The second kappa shape index (κ2) is 7.30. The van der Waals surface area contributed by atoms with Crippen molar-refractivity contribution in [2.45, 2.75) is 13.0 Å². The zero-order valence-corrected chi connectivity index (χ0v) is 18.2. The third-order valence-electron chi connectivity index (χ3n) is 6.04. The van der Waals surface area contributed by atoms with Crippen LogP contribution in [0.3, 0.4) is 0 Å². The van der Waals surface area contributed by atoms with E-state index in [1.54, 1.807) is 29.8 Å². The standard InChI is InChI=1S/C23H20N6O4/c1-14(15-7-5-4-6-8-15)28-18(16-9-11-17(12-10-16)29(32)33)13-27-19-20(24-22(27)28)25(2)23(31)26(3)21(19)30/h4-14H,1-3H3/t14-/m0/s1. The molecule has 0 aliphatic heterocycles. The number of nitro groups is 1. The highest BCUT2D eigenvalue weighted by atomic mass is 16.6. The van der Waals surface area contributed by atoms with Crippen LogP contribution in [-0.2, 0) is 14.1 Å². The molecular formula is C23H20N6O4. The normalized spacial score (nSPS) is 12.5. The summed E-state index contributed by atoms with van der Waals surface area (Å²) in [5.41, 5.74) is 2.18. The van der Waals surface area contributed by atoms with Gasteiger partial charge >= 0.3 is 5.69 Å². The minimum absolute atomic E-state index is 0.00735. The molecule has 0 unspecified atom stereocenters. The molecule has 166 valence electrons. The summed E-state index contributed by atoms with van der Waals surface area (Å²) < 4.78 is 6.07. The van der Waals surface area contributed by atoms with E-state index in [-0.39, 0.29) is 17.2 Å². The Bertz CT molecular complexity index is 1660. The molecule has 1 atom stereocenters. The van der Waals surface area contributed by atoms with Crippen molar-refractivity contribution in [1.82, 2.24) is 23.1 Å². The predicted octanol–water partition coefficient (Wildman–Crippen LogP) is 2.87. The summed E-state index contributed by atoms with van der Waals surface area (Å²) in [4.78, 5) is 40.8. The van der Waals surface area contributed by atoms with Gasteiger partial charge in [0.15, 0.2) is 11.2 Å². The Kier molecular flexibility index (Phi) is 4.52. The average molecular weight is 444 g/mol. The van der Waals surface area contributed by atoms with Gasteiger partial charge in [-0.1, -0.05) is 30.3 Å². The van der Waals surface area contributed by atoms with E-state index in [0.29, 0.717) is 11.4 Å². The Morgan fingerprint density at radius 2 is 1.64 bits per heavy atom. The maximum atomic E-state index is 13.0. The van der Waals surface area contributed by atoms with E-state index in [2.05, 4.69) is 4.98 Å². The van der Waals surface area contributed by atoms with Gasteiger partial charge in [-0.15, -0.1) is 0 Å². The highest BCUT2D eigenvalue weighted by molar-refractivity contribution is 5.78. The van der Waals surface area contributed by atoms with Gasteiger partial charge in [-0.05, 0) is 24.6 Å². The molecule has 2 aromatic carbocycles. The van der Waals surface area contributed by atoms with Gasteiger partial charge in [0.2, 0.25) is 5.78 Å². The minimum atomic E-state index is -0.452. The highest BCUT2D eigenvalue weighted by Crippen LogP contribution is 2.32. The molecule has 0 aliphatic carbocycles. The molecule has 5 rings (SSSR count). The number of imidazole rings is 2. The van der Waals surface area contributed by atoms with E-state index in [1.807, 2.05) is 41.8 Å². The first-order valence-corrected chi connectivity index (χ1v) is 10.3. The number of benzene rings is 2. The lowest BCUT2D eigenvalue weighted by Gasteiger charge is -2.17. The summed E-state index contributed by atoms with van der Waals surface area (Å²) in [6.45, 7) is 2.01. The molecule has 0 bridgehead atoms. The van der Waals surface area contributed by atoms with Crippen LogP contribution in [0.1, 0.15) is 18.5 Å². The quantitative estimate of drug-likeness (QED) is 0.313. The van der Waals surface area contributed by atoms with Crippen molar-refractivity contribution in [2.75, 3.05) is 0 Å². The zero-order chi connectivity index (χ0) is 23.4. The Morgan fingerprint density at radius 3 is 2.27 bits per heavy atom. The van der Waals surface area contributed by atoms with Crippen LogP contribution in [0.2, 0.25) is 0 Å². The Balaban J connectivity index is 1.87. The molecule has 10 nitrogen and oxygen atoms in total. The fourth-order valence-electron chi connectivity index (χ4n) is 4.22. The maximum absolute atomic E-state index is 13.0. The Labute approximate surface area is 186 Å². The van der Waals surface area contributed by atoms with Gasteiger partial charge < -0.3 is 4.57 Å². The highest BCUT2D eigenvalue weighted by Gasteiger charge is 2.24. The second-order valence-corrected chi connectivity index (χ2v) is 7.93. The summed E-state index contributed by atoms with van der Waals surface area (Å²) in [5, 5.41) is 11.1. The molecule has 0 saturated heterocycles. The van der Waals surface area contributed by atoms with Gasteiger partial charge in [-0.2, -0.15) is 4.98 Å². The number of nitro benzene ring substituents is 1. The fraction of sp³-hybridized carbons (Fsp3) is 0.174. The summed E-state index contributed by atoms with van der Waals surface area (Å²) in [5.74, 6) is 0.494. The molecule has 0 amide bonds. The summed E-state index contributed by atoms with van der Waals surface area (Å²) in [7, 11) is 3.02. The topological polar surface area (TPSA) is 109 Å². The molecule has 0 aliphatic rings. The number of hydrogen-bond donors (Lipinski definition) is 0. The van der Waals surface area contributed by atoms with E-state index < -0.39 is 16.2 Å². The largest absolute Gasteiger partial charge is 0.332 e. The van der Waals surface area contributed by atoms with Crippen molar-refractivity contribution < 1.29 is 4.92 Å². The first-order valence-electron chi connectivity index (χ1n) is 10.3. The van der Waals surface area contributed by atoms with Crippen LogP contribution in [-0.4, -0.2) is 28.0 Å². The number of fused-ring (bicyclic) bond motifs is 3. The van der Waals surface area contributed by atoms with Crippen molar-refractivity contribution in [2.24, 2.45) is 14.1 Å². The van der Waals surface area contributed by atoms with Gasteiger partial charge in [0.25, 0.3) is 11.2 Å². The SMILES string of the molecule is C[C@@H](c1ccccc1)n1c(-c2ccc([N+](=O)[O-])cc2)cn2c3c(=O)n(C)c(=O)n(C)c3nc12. The lowest BCUT2D eigenvalue weighted by Crippen LogP contribution is -2.37. The number of rotatable bonds is 4. The van der Waals surface area contributed by atoms with Crippen molar-refractivity contribution in [1.29, 1.82) is 0 Å². The lowest BCUT2D eigenvalue weighted by molar-refractivity contribution is -0.384. The lowest BCUT2D eigenvalue weighted by atomic mass is 10.1. The van der Waals surface area contributed by atoms with Gasteiger partial charge in [0.05, 0.1) is 16.7 Å². The van der Waals surface area contributed by atoms with Crippen LogP contribution in [0.5, 0.6) is 0 Å².